The van der Waals surface area contributed by atoms with Crippen molar-refractivity contribution in [3.05, 3.63) is 129 Å². The summed E-state index contributed by atoms with van der Waals surface area (Å²) in [5, 5.41) is -1.07. The highest BCUT2D eigenvalue weighted by molar-refractivity contribution is 6.68. The van der Waals surface area contributed by atoms with Gasteiger partial charge < -0.3 is 0 Å². The summed E-state index contributed by atoms with van der Waals surface area (Å²) in [5.74, 6) is 5.48. The predicted octanol–water partition coefficient (Wildman–Crippen LogP) is 6.77. The van der Waals surface area contributed by atoms with Crippen LogP contribution in [0.5, 0.6) is 0 Å². The molecule has 0 bridgehead atoms. The van der Waals surface area contributed by atoms with E-state index in [0.29, 0.717) is 11.1 Å². The number of rotatable bonds is 4. The van der Waals surface area contributed by atoms with Crippen molar-refractivity contribution >= 4 is 33.7 Å². The molecule has 0 saturated heterocycles. The standard InChI is InChI=1S/C31H16Cl2O2/c1-3-19-5-15-25-26-16-6-20(4-2)18-28(26)31(27(25)17-19,23-11-7-21(8-12-23)29(32)34)24-13-9-22(10-14-24)30(33)35/h1-2,5-18H. The molecule has 0 amide bonds. The molecule has 0 N–H and O–H groups in total. The minimum Gasteiger partial charge on any atom is -0.276 e. The second-order valence-electron chi connectivity index (χ2n) is 8.26. The molecule has 0 aromatic heterocycles. The number of terminal acetylenes is 2. The van der Waals surface area contributed by atoms with Crippen LogP contribution in [0.2, 0.25) is 0 Å². The van der Waals surface area contributed by atoms with Crippen LogP contribution in [-0.4, -0.2) is 10.5 Å². The summed E-state index contributed by atoms with van der Waals surface area (Å²) in [6.45, 7) is 0. The molecule has 0 unspecified atom stereocenters. The number of hydrogen-bond donors (Lipinski definition) is 0. The fraction of sp³-hybridized carbons (Fsp3) is 0.0323. The summed E-state index contributed by atoms with van der Waals surface area (Å²) >= 11 is 11.5. The fourth-order valence-electron chi connectivity index (χ4n) is 4.99. The zero-order valence-corrected chi connectivity index (χ0v) is 19.8. The van der Waals surface area contributed by atoms with Crippen molar-refractivity contribution in [3.63, 3.8) is 0 Å². The zero-order valence-electron chi connectivity index (χ0n) is 18.3. The van der Waals surface area contributed by atoms with Gasteiger partial charge >= 0.3 is 0 Å². The van der Waals surface area contributed by atoms with E-state index in [-0.39, 0.29) is 0 Å². The van der Waals surface area contributed by atoms with Gasteiger partial charge in [-0.05, 0) is 105 Å². The van der Waals surface area contributed by atoms with E-state index >= 15 is 0 Å². The van der Waals surface area contributed by atoms with Crippen molar-refractivity contribution in [3.8, 4) is 35.8 Å². The van der Waals surface area contributed by atoms with Crippen LogP contribution in [0.25, 0.3) is 11.1 Å². The van der Waals surface area contributed by atoms with E-state index < -0.39 is 15.9 Å². The largest absolute Gasteiger partial charge is 0.276 e. The highest BCUT2D eigenvalue weighted by atomic mass is 35.5. The lowest BCUT2D eigenvalue weighted by Gasteiger charge is -2.34. The van der Waals surface area contributed by atoms with Crippen LogP contribution in [0.3, 0.4) is 0 Å². The SMILES string of the molecule is C#Cc1ccc2c(c1)C(c1ccc(C(=O)Cl)cc1)(c1ccc(C(=O)Cl)cc1)c1cc(C#C)ccc1-2. The Morgan fingerprint density at radius 1 is 0.600 bits per heavy atom. The molecule has 35 heavy (non-hydrogen) atoms. The van der Waals surface area contributed by atoms with Gasteiger partial charge in [0.25, 0.3) is 10.5 Å². The van der Waals surface area contributed by atoms with Gasteiger partial charge in [-0.15, -0.1) is 12.8 Å². The second-order valence-corrected chi connectivity index (χ2v) is 8.95. The van der Waals surface area contributed by atoms with Gasteiger partial charge in [-0.2, -0.15) is 0 Å². The van der Waals surface area contributed by atoms with E-state index in [1.54, 1.807) is 24.3 Å². The number of hydrogen-bond acceptors (Lipinski definition) is 2. The number of benzene rings is 4. The molecule has 166 valence electrons. The summed E-state index contributed by atoms with van der Waals surface area (Å²) < 4.78 is 0. The Bertz CT molecular complexity index is 1480. The molecule has 4 heteroatoms. The third-order valence-corrected chi connectivity index (χ3v) is 7.00. The maximum Gasteiger partial charge on any atom is 0.252 e. The van der Waals surface area contributed by atoms with Gasteiger partial charge in [0, 0.05) is 22.3 Å². The van der Waals surface area contributed by atoms with E-state index in [1.807, 2.05) is 60.7 Å². The lowest BCUT2D eigenvalue weighted by atomic mass is 9.67. The van der Waals surface area contributed by atoms with Gasteiger partial charge in [0.05, 0.1) is 5.41 Å². The molecule has 4 aromatic carbocycles. The average molecular weight is 491 g/mol. The molecular weight excluding hydrogens is 475 g/mol. The van der Waals surface area contributed by atoms with E-state index in [2.05, 4.69) is 11.8 Å². The van der Waals surface area contributed by atoms with E-state index in [1.165, 1.54) is 0 Å². The fourth-order valence-corrected chi connectivity index (χ4v) is 5.25. The Kier molecular flexibility index (Phi) is 5.58. The lowest BCUT2D eigenvalue weighted by Crippen LogP contribution is -2.29. The molecule has 0 saturated carbocycles. The molecule has 0 spiro atoms. The van der Waals surface area contributed by atoms with Gasteiger partial charge in [0.15, 0.2) is 0 Å². The molecule has 4 aromatic rings. The van der Waals surface area contributed by atoms with Crippen molar-refractivity contribution in [1.29, 1.82) is 0 Å². The Morgan fingerprint density at radius 2 is 0.971 bits per heavy atom. The first-order valence-corrected chi connectivity index (χ1v) is 11.5. The number of fused-ring (bicyclic) bond motifs is 3. The highest BCUT2D eigenvalue weighted by Gasteiger charge is 2.46. The zero-order chi connectivity index (χ0) is 24.7. The van der Waals surface area contributed by atoms with Crippen LogP contribution in [0.4, 0.5) is 0 Å². The molecule has 2 nitrogen and oxygen atoms in total. The Balaban J connectivity index is 1.93. The van der Waals surface area contributed by atoms with Crippen LogP contribution in [0.1, 0.15) is 54.1 Å². The monoisotopic (exact) mass is 490 g/mol. The van der Waals surface area contributed by atoms with Crippen molar-refractivity contribution < 1.29 is 9.59 Å². The number of halogens is 2. The van der Waals surface area contributed by atoms with Crippen LogP contribution in [-0.2, 0) is 5.41 Å². The third kappa shape index (κ3) is 3.48. The summed E-state index contributed by atoms with van der Waals surface area (Å²) in [6.07, 6.45) is 11.6. The molecular formula is C31H16Cl2O2. The van der Waals surface area contributed by atoms with Gasteiger partial charge in [0.2, 0.25) is 0 Å². The molecule has 0 atom stereocenters. The molecule has 0 radical (unpaired) electrons. The van der Waals surface area contributed by atoms with Gasteiger partial charge in [-0.1, -0.05) is 48.2 Å². The number of carbonyl (C=O) groups is 2. The van der Waals surface area contributed by atoms with Crippen molar-refractivity contribution in [1.82, 2.24) is 0 Å². The minimum absolute atomic E-state index is 0.391. The highest BCUT2D eigenvalue weighted by Crippen LogP contribution is 2.56. The third-order valence-electron chi connectivity index (χ3n) is 6.56. The average Bonchev–Trinajstić information content (AvgIpc) is 3.18. The Labute approximate surface area is 213 Å². The molecule has 0 fully saturated rings. The first-order valence-electron chi connectivity index (χ1n) is 10.7. The molecule has 0 aliphatic heterocycles. The van der Waals surface area contributed by atoms with Crippen LogP contribution < -0.4 is 0 Å². The summed E-state index contributed by atoms with van der Waals surface area (Å²) in [5.41, 5.74) is 7.24. The quantitative estimate of drug-likeness (QED) is 0.205. The molecule has 1 aliphatic rings. The second kappa shape index (κ2) is 8.61. The Morgan fingerprint density at radius 3 is 1.29 bits per heavy atom. The van der Waals surface area contributed by atoms with Gasteiger partial charge in [-0.3, -0.25) is 9.59 Å². The smallest absolute Gasteiger partial charge is 0.252 e. The topological polar surface area (TPSA) is 34.1 Å². The maximum absolute atomic E-state index is 11.8. The lowest BCUT2D eigenvalue weighted by molar-refractivity contribution is 0.107. The minimum atomic E-state index is -0.813. The Hall–Kier alpha value is -4.08. The van der Waals surface area contributed by atoms with E-state index in [0.717, 1.165) is 44.5 Å². The predicted molar refractivity (Wildman–Crippen MR) is 140 cm³/mol. The van der Waals surface area contributed by atoms with Crippen molar-refractivity contribution in [2.75, 3.05) is 0 Å². The molecule has 5 rings (SSSR count). The van der Waals surface area contributed by atoms with E-state index in [9.17, 15) is 9.59 Å². The number of carbonyl (C=O) groups excluding carboxylic acids is 2. The normalized spacial score (nSPS) is 12.7. The summed E-state index contributed by atoms with van der Waals surface area (Å²) in [4.78, 5) is 23.5. The van der Waals surface area contributed by atoms with E-state index in [4.69, 9.17) is 36.0 Å². The first kappa shape index (κ1) is 22.7. The van der Waals surface area contributed by atoms with Crippen LogP contribution >= 0.6 is 23.2 Å². The first-order chi connectivity index (χ1) is 16.9. The van der Waals surface area contributed by atoms with Crippen LogP contribution in [0, 0.1) is 24.7 Å². The van der Waals surface area contributed by atoms with Crippen LogP contribution in [0.15, 0.2) is 84.9 Å². The van der Waals surface area contributed by atoms with Gasteiger partial charge in [-0.25, -0.2) is 0 Å². The molecule has 0 heterocycles. The molecule has 1 aliphatic carbocycles. The van der Waals surface area contributed by atoms with Gasteiger partial charge in [0.1, 0.15) is 0 Å². The van der Waals surface area contributed by atoms with Crippen molar-refractivity contribution in [2.45, 2.75) is 5.41 Å². The maximum atomic E-state index is 11.8. The van der Waals surface area contributed by atoms with Crippen molar-refractivity contribution in [2.24, 2.45) is 0 Å². The summed E-state index contributed by atoms with van der Waals surface area (Å²) in [7, 11) is 0. The summed E-state index contributed by atoms with van der Waals surface area (Å²) in [6, 6.07) is 26.3.